The summed E-state index contributed by atoms with van der Waals surface area (Å²) in [4.78, 5) is 29.1. The Morgan fingerprint density at radius 2 is 1.79 bits per heavy atom. The van der Waals surface area contributed by atoms with E-state index in [0.717, 1.165) is 40.2 Å². The molecule has 2 aromatic rings. The summed E-state index contributed by atoms with van der Waals surface area (Å²) in [6.45, 7) is 4.64. The molecule has 34 heavy (non-hydrogen) atoms. The molecule has 7 nitrogen and oxygen atoms in total. The van der Waals surface area contributed by atoms with Gasteiger partial charge in [-0.25, -0.2) is 4.98 Å². The largest absolute Gasteiger partial charge is 0.465 e. The molecule has 1 amide bonds. The third-order valence-electron chi connectivity index (χ3n) is 7.79. The van der Waals surface area contributed by atoms with Crippen molar-refractivity contribution in [3.8, 4) is 0 Å². The molecule has 1 aromatic heterocycles. The van der Waals surface area contributed by atoms with Crippen LogP contribution in [0.2, 0.25) is 0 Å². The van der Waals surface area contributed by atoms with Crippen LogP contribution in [0.5, 0.6) is 0 Å². The van der Waals surface area contributed by atoms with Crippen molar-refractivity contribution in [1.82, 2.24) is 10.3 Å². The zero-order chi connectivity index (χ0) is 23.5. The average molecular weight is 464 g/mol. The summed E-state index contributed by atoms with van der Waals surface area (Å²) in [7, 11) is 0. The average Bonchev–Trinajstić information content (AvgIpc) is 2.78. The predicted molar refractivity (Wildman–Crippen MR) is 133 cm³/mol. The molecule has 1 aromatic carbocycles. The van der Waals surface area contributed by atoms with E-state index in [1.54, 1.807) is 6.92 Å². The zero-order valence-corrected chi connectivity index (χ0v) is 19.9. The molecule has 4 bridgehead atoms. The summed E-state index contributed by atoms with van der Waals surface area (Å²) >= 11 is 0. The third-order valence-corrected chi connectivity index (χ3v) is 7.79. The third kappa shape index (κ3) is 5.19. The van der Waals surface area contributed by atoms with Gasteiger partial charge < -0.3 is 20.7 Å². The molecule has 1 radical (unpaired) electrons. The van der Waals surface area contributed by atoms with Crippen molar-refractivity contribution in [3.63, 3.8) is 0 Å². The van der Waals surface area contributed by atoms with Crippen molar-refractivity contribution in [2.45, 2.75) is 51.9 Å². The second-order valence-corrected chi connectivity index (χ2v) is 10.5. The van der Waals surface area contributed by atoms with Crippen LogP contribution in [0.1, 0.15) is 51.9 Å². The van der Waals surface area contributed by atoms with Crippen LogP contribution in [0.3, 0.4) is 0 Å². The number of benzene rings is 1. The minimum absolute atomic E-state index is 0.139. The van der Waals surface area contributed by atoms with Crippen LogP contribution in [0.25, 0.3) is 10.9 Å². The smallest absolute Gasteiger partial charge is 0.325 e. The lowest BCUT2D eigenvalue weighted by Crippen LogP contribution is -2.47. The fourth-order valence-electron chi connectivity index (χ4n) is 7.01. The summed E-state index contributed by atoms with van der Waals surface area (Å²) < 4.78 is 4.84. The maximum Gasteiger partial charge on any atom is 0.325 e. The maximum absolute atomic E-state index is 13.1. The van der Waals surface area contributed by atoms with Gasteiger partial charge >= 0.3 is 5.97 Å². The van der Waals surface area contributed by atoms with E-state index in [9.17, 15) is 9.59 Å². The van der Waals surface area contributed by atoms with Crippen LogP contribution in [-0.2, 0) is 14.3 Å². The van der Waals surface area contributed by atoms with E-state index in [0.29, 0.717) is 26.1 Å². The lowest BCUT2D eigenvalue weighted by Gasteiger charge is -2.56. The summed E-state index contributed by atoms with van der Waals surface area (Å²) in [6, 6.07) is 9.79. The SMILES string of the molecule is CCOC(=O)[CH]NCCNc1ccc2c(NC(=O)CC34CC5CC(CC(C5)C3)C4)cccc2n1. The quantitative estimate of drug-likeness (QED) is 0.355. The number of carbonyl (C=O) groups is 2. The monoisotopic (exact) mass is 463 g/mol. The summed E-state index contributed by atoms with van der Waals surface area (Å²) in [5.74, 6) is 3.08. The number of rotatable bonds is 10. The Bertz CT molecular complexity index is 1020. The molecule has 6 rings (SSSR count). The molecule has 4 aliphatic rings. The Morgan fingerprint density at radius 1 is 1.06 bits per heavy atom. The number of aromatic nitrogens is 1. The van der Waals surface area contributed by atoms with Crippen LogP contribution in [-0.4, -0.2) is 36.6 Å². The van der Waals surface area contributed by atoms with Crippen molar-refractivity contribution < 1.29 is 14.3 Å². The first-order valence-corrected chi connectivity index (χ1v) is 12.7. The molecule has 0 saturated heterocycles. The minimum Gasteiger partial charge on any atom is -0.465 e. The number of amides is 1. The Hall–Kier alpha value is -2.67. The topological polar surface area (TPSA) is 92.4 Å². The number of nitrogens with zero attached hydrogens (tertiary/aromatic N) is 1. The predicted octanol–water partition coefficient (Wildman–Crippen LogP) is 4.51. The van der Waals surface area contributed by atoms with Crippen molar-refractivity contribution in [2.75, 3.05) is 30.3 Å². The normalized spacial score (nSPS) is 27.0. The van der Waals surface area contributed by atoms with E-state index in [4.69, 9.17) is 9.72 Å². The number of nitrogens with one attached hydrogen (secondary N) is 3. The van der Waals surface area contributed by atoms with Crippen molar-refractivity contribution >= 4 is 34.3 Å². The van der Waals surface area contributed by atoms with Crippen LogP contribution >= 0.6 is 0 Å². The van der Waals surface area contributed by atoms with Gasteiger partial charge in [-0.05, 0) is 92.9 Å². The second-order valence-electron chi connectivity index (χ2n) is 10.5. The first-order valence-electron chi connectivity index (χ1n) is 12.7. The van der Waals surface area contributed by atoms with E-state index in [-0.39, 0.29) is 17.3 Å². The highest BCUT2D eigenvalue weighted by Crippen LogP contribution is 2.61. The molecule has 7 heteroatoms. The van der Waals surface area contributed by atoms with Crippen LogP contribution in [0.4, 0.5) is 11.5 Å². The van der Waals surface area contributed by atoms with Gasteiger partial charge in [0.2, 0.25) is 5.91 Å². The van der Waals surface area contributed by atoms with Gasteiger partial charge in [0.1, 0.15) is 12.4 Å². The Balaban J connectivity index is 1.17. The van der Waals surface area contributed by atoms with Gasteiger partial charge in [-0.15, -0.1) is 0 Å². The Morgan fingerprint density at radius 3 is 2.50 bits per heavy atom. The molecule has 0 unspecified atom stereocenters. The Labute approximate surface area is 201 Å². The molecule has 0 spiro atoms. The molecular formula is C27H35N4O3. The van der Waals surface area contributed by atoms with E-state index >= 15 is 0 Å². The summed E-state index contributed by atoms with van der Waals surface area (Å²) in [5.41, 5.74) is 1.90. The standard InChI is InChI=1S/C27H35N4O3/c1-2-34-26(33)17-28-8-9-29-24-7-6-21-22(30-24)4-3-5-23(21)31-25(32)16-27-13-18-10-19(14-27)12-20(11-18)15-27/h3-7,17-20,28H,2,8-16H2,1H3,(H,29,30)(H,31,32). The van der Waals surface area contributed by atoms with Gasteiger partial charge in [0.25, 0.3) is 0 Å². The first-order chi connectivity index (χ1) is 16.5. The van der Waals surface area contributed by atoms with Gasteiger partial charge in [-0.2, -0.15) is 0 Å². The van der Waals surface area contributed by atoms with Crippen molar-refractivity contribution in [3.05, 3.63) is 36.9 Å². The molecule has 3 N–H and O–H groups in total. The van der Waals surface area contributed by atoms with Crippen molar-refractivity contribution in [1.29, 1.82) is 0 Å². The lowest BCUT2D eigenvalue weighted by molar-refractivity contribution is -0.139. The van der Waals surface area contributed by atoms with E-state index in [1.165, 1.54) is 45.1 Å². The highest BCUT2D eigenvalue weighted by Gasteiger charge is 2.51. The van der Waals surface area contributed by atoms with Crippen molar-refractivity contribution in [2.24, 2.45) is 23.2 Å². The Kier molecular flexibility index (Phi) is 6.73. The molecule has 0 aliphatic heterocycles. The molecule has 181 valence electrons. The van der Waals surface area contributed by atoms with Gasteiger partial charge in [0.05, 0.1) is 17.8 Å². The van der Waals surface area contributed by atoms with E-state index in [1.807, 2.05) is 30.3 Å². The van der Waals surface area contributed by atoms with Crippen LogP contribution in [0, 0.1) is 29.7 Å². The summed E-state index contributed by atoms with van der Waals surface area (Å²) in [5, 5.41) is 10.3. The molecule has 4 fully saturated rings. The van der Waals surface area contributed by atoms with Gasteiger partial charge in [0, 0.05) is 24.9 Å². The number of hydrogen-bond donors (Lipinski definition) is 3. The van der Waals surface area contributed by atoms with E-state index < -0.39 is 0 Å². The first kappa shape index (κ1) is 23.1. The number of fused-ring (bicyclic) bond motifs is 1. The number of anilines is 2. The molecule has 0 atom stereocenters. The fraction of sp³-hybridized carbons (Fsp3) is 0.556. The van der Waals surface area contributed by atoms with Crippen LogP contribution in [0.15, 0.2) is 30.3 Å². The molecule has 4 saturated carbocycles. The van der Waals surface area contributed by atoms with Gasteiger partial charge in [0.15, 0.2) is 0 Å². The number of hydrogen-bond acceptors (Lipinski definition) is 6. The number of esters is 1. The second kappa shape index (κ2) is 9.90. The maximum atomic E-state index is 13.1. The fourth-order valence-corrected chi connectivity index (χ4v) is 7.01. The highest BCUT2D eigenvalue weighted by atomic mass is 16.5. The van der Waals surface area contributed by atoms with Crippen LogP contribution < -0.4 is 16.0 Å². The number of carbonyl (C=O) groups excluding carboxylic acids is 2. The molecular weight excluding hydrogens is 428 g/mol. The minimum atomic E-state index is -0.371. The highest BCUT2D eigenvalue weighted by molar-refractivity contribution is 6.01. The summed E-state index contributed by atoms with van der Waals surface area (Å²) in [6.07, 6.45) is 8.56. The van der Waals surface area contributed by atoms with Gasteiger partial charge in [-0.3, -0.25) is 9.59 Å². The van der Waals surface area contributed by atoms with Gasteiger partial charge in [-0.1, -0.05) is 6.07 Å². The molecule has 4 aliphatic carbocycles. The van der Waals surface area contributed by atoms with E-state index in [2.05, 4.69) is 16.0 Å². The lowest BCUT2D eigenvalue weighted by atomic mass is 9.49. The number of pyridine rings is 1. The molecule has 1 heterocycles. The zero-order valence-electron chi connectivity index (χ0n) is 19.9. The number of ether oxygens (including phenoxy) is 1.